The van der Waals surface area contributed by atoms with E-state index in [-0.39, 0.29) is 6.09 Å². The quantitative estimate of drug-likeness (QED) is 0.587. The van der Waals surface area contributed by atoms with Crippen LogP contribution in [0.2, 0.25) is 5.02 Å². The van der Waals surface area contributed by atoms with Gasteiger partial charge in [-0.15, -0.1) is 0 Å². The highest BCUT2D eigenvalue weighted by atomic mass is 127. The van der Waals surface area contributed by atoms with Crippen LogP contribution in [0.4, 0.5) is 10.5 Å². The summed E-state index contributed by atoms with van der Waals surface area (Å²) < 4.78 is 6.36. The highest BCUT2D eigenvalue weighted by Gasteiger charge is 2.19. The van der Waals surface area contributed by atoms with Gasteiger partial charge < -0.3 is 15.4 Å². The molecule has 0 aliphatic rings. The van der Waals surface area contributed by atoms with Gasteiger partial charge in [0.15, 0.2) is 0 Å². The Labute approximate surface area is 157 Å². The van der Waals surface area contributed by atoms with E-state index >= 15 is 0 Å². The molecule has 0 fully saturated rings. The number of nitrogens with one attached hydrogen (secondary N) is 2. The average molecular weight is 453 g/mol. The smallest absolute Gasteiger partial charge is 0.407 e. The lowest BCUT2D eigenvalue weighted by atomic mass is 9.95. The van der Waals surface area contributed by atoms with Crippen molar-refractivity contribution in [1.29, 1.82) is 0 Å². The Morgan fingerprint density at radius 2 is 1.96 bits per heavy atom. The van der Waals surface area contributed by atoms with Gasteiger partial charge in [-0.05, 0) is 73.4 Å². The summed E-state index contributed by atoms with van der Waals surface area (Å²) in [5.74, 6) is 0.733. The zero-order valence-corrected chi connectivity index (χ0v) is 17.3. The van der Waals surface area contributed by atoms with Crippen molar-refractivity contribution >= 4 is 46.0 Å². The first-order valence-electron chi connectivity index (χ1n) is 7.74. The monoisotopic (exact) mass is 452 g/mol. The third kappa shape index (κ3) is 8.11. The molecule has 1 aromatic rings. The van der Waals surface area contributed by atoms with Gasteiger partial charge in [-0.1, -0.05) is 25.4 Å². The van der Waals surface area contributed by atoms with E-state index < -0.39 is 5.60 Å². The highest BCUT2D eigenvalue weighted by Crippen LogP contribution is 2.23. The van der Waals surface area contributed by atoms with Gasteiger partial charge in [0.1, 0.15) is 5.60 Å². The van der Waals surface area contributed by atoms with E-state index in [1.165, 1.54) is 0 Å². The maximum atomic E-state index is 11.8. The molecule has 0 radical (unpaired) electrons. The molecule has 1 aromatic carbocycles. The lowest BCUT2D eigenvalue weighted by Gasteiger charge is -2.24. The number of alkyl carbamates (subject to hydrolysis) is 1. The van der Waals surface area contributed by atoms with Crippen LogP contribution in [0, 0.1) is 15.4 Å². The summed E-state index contributed by atoms with van der Waals surface area (Å²) >= 11 is 8.23. The van der Waals surface area contributed by atoms with Gasteiger partial charge in [0.2, 0.25) is 0 Å². The fraction of sp³-hybridized carbons (Fsp3) is 0.588. The van der Waals surface area contributed by atoms with E-state index in [9.17, 15) is 4.79 Å². The number of carbonyl (C=O) groups excluding carboxylic acids is 1. The third-order valence-corrected chi connectivity index (χ3v) is 4.46. The molecule has 2 N–H and O–H groups in total. The van der Waals surface area contributed by atoms with E-state index in [1.54, 1.807) is 0 Å². The molecule has 0 heterocycles. The first-order valence-corrected chi connectivity index (χ1v) is 9.20. The van der Waals surface area contributed by atoms with Crippen molar-refractivity contribution in [2.24, 2.45) is 11.8 Å². The van der Waals surface area contributed by atoms with Gasteiger partial charge >= 0.3 is 6.09 Å². The normalized spacial score (nSPS) is 12.9. The van der Waals surface area contributed by atoms with Crippen LogP contribution in [0.1, 0.15) is 34.6 Å². The van der Waals surface area contributed by atoms with Crippen LogP contribution in [-0.4, -0.2) is 24.8 Å². The first kappa shape index (κ1) is 20.4. The lowest BCUT2D eigenvalue weighted by Crippen LogP contribution is -2.38. The Bertz CT molecular complexity index is 530. The average Bonchev–Trinajstić information content (AvgIpc) is 2.38. The molecule has 130 valence electrons. The van der Waals surface area contributed by atoms with E-state index in [0.717, 1.165) is 20.8 Å². The number of amides is 1. The molecule has 0 bridgehead atoms. The molecule has 0 saturated carbocycles. The summed E-state index contributed by atoms with van der Waals surface area (Å²) in [6, 6.07) is 5.77. The molecular weight excluding hydrogens is 427 g/mol. The van der Waals surface area contributed by atoms with Crippen molar-refractivity contribution < 1.29 is 9.53 Å². The van der Waals surface area contributed by atoms with Crippen molar-refractivity contribution in [2.45, 2.75) is 40.2 Å². The van der Waals surface area contributed by atoms with Gasteiger partial charge in [0.05, 0.1) is 0 Å². The topological polar surface area (TPSA) is 50.4 Å². The minimum atomic E-state index is -0.477. The van der Waals surface area contributed by atoms with Gasteiger partial charge in [0.25, 0.3) is 0 Å². The molecule has 1 unspecified atom stereocenters. The SMILES string of the molecule is CC(C)C(CNC(=O)OC(C)(C)C)CNc1ccc(Cl)cc1I. The van der Waals surface area contributed by atoms with Gasteiger partial charge in [-0.2, -0.15) is 0 Å². The third-order valence-electron chi connectivity index (χ3n) is 3.34. The highest BCUT2D eigenvalue weighted by molar-refractivity contribution is 14.1. The van der Waals surface area contributed by atoms with Crippen LogP contribution in [0.15, 0.2) is 18.2 Å². The Morgan fingerprint density at radius 1 is 1.30 bits per heavy atom. The van der Waals surface area contributed by atoms with Crippen molar-refractivity contribution in [3.8, 4) is 0 Å². The molecule has 0 aromatic heterocycles. The van der Waals surface area contributed by atoms with Crippen LogP contribution in [0.5, 0.6) is 0 Å². The van der Waals surface area contributed by atoms with Gasteiger partial charge in [-0.25, -0.2) is 4.79 Å². The summed E-state index contributed by atoms with van der Waals surface area (Å²) in [6.07, 6.45) is -0.371. The van der Waals surface area contributed by atoms with Crippen LogP contribution in [-0.2, 0) is 4.74 Å². The Hall–Kier alpha value is -0.690. The zero-order valence-electron chi connectivity index (χ0n) is 14.4. The number of hydrogen-bond donors (Lipinski definition) is 2. The van der Waals surface area contributed by atoms with E-state index in [1.807, 2.05) is 39.0 Å². The van der Waals surface area contributed by atoms with E-state index in [0.29, 0.717) is 18.4 Å². The molecular formula is C17H26ClIN2O2. The molecule has 1 rings (SSSR count). The van der Waals surface area contributed by atoms with Crippen molar-refractivity contribution in [2.75, 3.05) is 18.4 Å². The lowest BCUT2D eigenvalue weighted by molar-refractivity contribution is 0.0516. The second kappa shape index (κ2) is 8.97. The number of halogens is 2. The van der Waals surface area contributed by atoms with Crippen LogP contribution in [0.3, 0.4) is 0 Å². The van der Waals surface area contributed by atoms with Gasteiger partial charge in [-0.3, -0.25) is 0 Å². The fourth-order valence-corrected chi connectivity index (χ4v) is 3.01. The van der Waals surface area contributed by atoms with Crippen LogP contribution >= 0.6 is 34.2 Å². The zero-order chi connectivity index (χ0) is 17.6. The number of rotatable bonds is 6. The molecule has 4 nitrogen and oxygen atoms in total. The number of anilines is 1. The molecule has 0 aliphatic carbocycles. The van der Waals surface area contributed by atoms with Crippen molar-refractivity contribution in [3.05, 3.63) is 26.8 Å². The maximum Gasteiger partial charge on any atom is 0.407 e. The number of ether oxygens (including phenoxy) is 1. The van der Waals surface area contributed by atoms with Crippen molar-refractivity contribution in [3.63, 3.8) is 0 Å². The maximum absolute atomic E-state index is 11.8. The van der Waals surface area contributed by atoms with Crippen LogP contribution < -0.4 is 10.6 Å². The Morgan fingerprint density at radius 3 is 2.48 bits per heavy atom. The molecule has 1 atom stereocenters. The second-order valence-electron chi connectivity index (χ2n) is 6.89. The van der Waals surface area contributed by atoms with Gasteiger partial charge in [0, 0.05) is 27.4 Å². The largest absolute Gasteiger partial charge is 0.444 e. The summed E-state index contributed by atoms with van der Waals surface area (Å²) in [4.78, 5) is 11.8. The number of carbonyl (C=O) groups is 1. The Balaban J connectivity index is 2.54. The predicted molar refractivity (Wildman–Crippen MR) is 105 cm³/mol. The number of benzene rings is 1. The molecule has 0 saturated heterocycles. The molecule has 1 amide bonds. The van der Waals surface area contributed by atoms with E-state index in [2.05, 4.69) is 47.1 Å². The van der Waals surface area contributed by atoms with Crippen molar-refractivity contribution in [1.82, 2.24) is 5.32 Å². The standard InChI is InChI=1S/C17H26ClIN2O2/c1-11(2)12(10-21-16(22)23-17(3,4)5)9-20-15-7-6-13(18)8-14(15)19/h6-8,11-12,20H,9-10H2,1-5H3,(H,21,22). The molecule has 6 heteroatoms. The Kier molecular flexibility index (Phi) is 7.94. The molecule has 23 heavy (non-hydrogen) atoms. The fourth-order valence-electron chi connectivity index (χ4n) is 1.95. The predicted octanol–water partition coefficient (Wildman–Crippen LogP) is 5.15. The summed E-state index contributed by atoms with van der Waals surface area (Å²) in [5.41, 5.74) is 0.577. The summed E-state index contributed by atoms with van der Waals surface area (Å²) in [5, 5.41) is 7.02. The minimum Gasteiger partial charge on any atom is -0.444 e. The summed E-state index contributed by atoms with van der Waals surface area (Å²) in [6.45, 7) is 11.2. The minimum absolute atomic E-state index is 0.300. The second-order valence-corrected chi connectivity index (χ2v) is 8.49. The van der Waals surface area contributed by atoms with E-state index in [4.69, 9.17) is 16.3 Å². The van der Waals surface area contributed by atoms with Crippen LogP contribution in [0.25, 0.3) is 0 Å². The first-order chi connectivity index (χ1) is 10.6. The number of hydrogen-bond acceptors (Lipinski definition) is 3. The molecule has 0 spiro atoms. The molecule has 0 aliphatic heterocycles. The summed E-state index contributed by atoms with van der Waals surface area (Å²) in [7, 11) is 0.